The summed E-state index contributed by atoms with van der Waals surface area (Å²) in [6.45, 7) is -0.534. The summed E-state index contributed by atoms with van der Waals surface area (Å²) < 4.78 is 10.4. The standard InChI is InChI=1S/C26H25N3O5S/c27-15-19-18-10-5-2-6-12-22(18)35-25(19)29-23(30)16-34-26(32)20(14-17-8-3-1-4-9-17)28-24(31)21-11-7-13-33-21/h1,3-4,7-9,11,13,20H,2,5-6,10,12,14,16H2,(H,28,31)(H,29,30)/t20-/m1/s1. The lowest BCUT2D eigenvalue weighted by Gasteiger charge is -2.17. The van der Waals surface area contributed by atoms with E-state index < -0.39 is 30.4 Å². The second-order valence-electron chi connectivity index (χ2n) is 8.23. The average molecular weight is 492 g/mol. The number of amides is 2. The third-order valence-corrected chi connectivity index (χ3v) is 6.96. The van der Waals surface area contributed by atoms with Gasteiger partial charge >= 0.3 is 5.97 Å². The number of nitrogens with zero attached hydrogens (tertiary/aromatic N) is 1. The first kappa shape index (κ1) is 24.2. The van der Waals surface area contributed by atoms with Crippen LogP contribution >= 0.6 is 11.3 Å². The number of carbonyl (C=O) groups is 3. The predicted molar refractivity (Wildman–Crippen MR) is 130 cm³/mol. The van der Waals surface area contributed by atoms with Crippen LogP contribution in [0.5, 0.6) is 0 Å². The number of ether oxygens (including phenoxy) is 1. The largest absolute Gasteiger partial charge is 0.459 e. The molecule has 0 spiro atoms. The van der Waals surface area contributed by atoms with Crippen LogP contribution in [0.4, 0.5) is 5.00 Å². The van der Waals surface area contributed by atoms with Crippen molar-refractivity contribution in [2.75, 3.05) is 11.9 Å². The summed E-state index contributed by atoms with van der Waals surface area (Å²) in [4.78, 5) is 39.0. The zero-order chi connectivity index (χ0) is 24.6. The van der Waals surface area contributed by atoms with Gasteiger partial charge in [0.1, 0.15) is 17.1 Å². The van der Waals surface area contributed by atoms with E-state index in [-0.39, 0.29) is 12.2 Å². The minimum atomic E-state index is -1.02. The van der Waals surface area contributed by atoms with Gasteiger partial charge in [0, 0.05) is 11.3 Å². The molecule has 8 nitrogen and oxygen atoms in total. The highest BCUT2D eigenvalue weighted by Crippen LogP contribution is 2.36. The number of hydrogen-bond donors (Lipinski definition) is 2. The fourth-order valence-corrected chi connectivity index (χ4v) is 5.29. The molecule has 1 aromatic carbocycles. The van der Waals surface area contributed by atoms with Crippen molar-refractivity contribution in [3.8, 4) is 6.07 Å². The molecule has 0 bridgehead atoms. The van der Waals surface area contributed by atoms with Gasteiger partial charge in [0.2, 0.25) is 0 Å². The smallest absolute Gasteiger partial charge is 0.329 e. The highest BCUT2D eigenvalue weighted by molar-refractivity contribution is 7.16. The van der Waals surface area contributed by atoms with E-state index in [4.69, 9.17) is 9.15 Å². The van der Waals surface area contributed by atoms with Crippen LogP contribution in [-0.4, -0.2) is 30.4 Å². The molecular weight excluding hydrogens is 466 g/mol. The second-order valence-corrected chi connectivity index (χ2v) is 9.33. The van der Waals surface area contributed by atoms with Gasteiger partial charge in [0.25, 0.3) is 11.8 Å². The number of nitrogens with one attached hydrogen (secondary N) is 2. The Balaban J connectivity index is 1.40. The van der Waals surface area contributed by atoms with E-state index >= 15 is 0 Å². The maximum atomic E-state index is 12.8. The van der Waals surface area contributed by atoms with Crippen molar-refractivity contribution in [1.29, 1.82) is 5.26 Å². The molecule has 1 aliphatic carbocycles. The lowest BCUT2D eigenvalue weighted by Crippen LogP contribution is -2.44. The molecule has 0 radical (unpaired) electrons. The summed E-state index contributed by atoms with van der Waals surface area (Å²) in [6, 6.07) is 13.4. The Labute approximate surface area is 206 Å². The summed E-state index contributed by atoms with van der Waals surface area (Å²) in [5, 5.41) is 15.5. The number of carbonyl (C=O) groups excluding carboxylic acids is 3. The quantitative estimate of drug-likeness (QED) is 0.363. The molecule has 0 aliphatic heterocycles. The van der Waals surface area contributed by atoms with Crippen LogP contribution < -0.4 is 10.6 Å². The maximum absolute atomic E-state index is 12.8. The zero-order valence-corrected chi connectivity index (χ0v) is 19.9. The Bertz CT molecular complexity index is 1230. The third kappa shape index (κ3) is 6.16. The van der Waals surface area contributed by atoms with Gasteiger partial charge in [-0.2, -0.15) is 5.26 Å². The number of benzene rings is 1. The highest BCUT2D eigenvalue weighted by Gasteiger charge is 2.26. The molecular formula is C26H25N3O5S. The van der Waals surface area contributed by atoms with Crippen LogP contribution in [-0.2, 0) is 33.6 Å². The van der Waals surface area contributed by atoms with Crippen molar-refractivity contribution in [3.63, 3.8) is 0 Å². The number of thiophene rings is 1. The van der Waals surface area contributed by atoms with Crippen LogP contribution in [0.1, 0.15) is 51.4 Å². The lowest BCUT2D eigenvalue weighted by atomic mass is 10.1. The van der Waals surface area contributed by atoms with E-state index in [9.17, 15) is 19.6 Å². The average Bonchev–Trinajstić information content (AvgIpc) is 3.45. The van der Waals surface area contributed by atoms with Crippen molar-refractivity contribution in [2.45, 2.75) is 44.6 Å². The van der Waals surface area contributed by atoms with Gasteiger partial charge in [-0.25, -0.2) is 4.79 Å². The minimum Gasteiger partial charge on any atom is -0.459 e. The van der Waals surface area contributed by atoms with E-state index in [1.54, 1.807) is 6.07 Å². The summed E-state index contributed by atoms with van der Waals surface area (Å²) in [5.74, 6) is -1.78. The molecule has 0 unspecified atom stereocenters. The fraction of sp³-hybridized carbons (Fsp3) is 0.308. The highest BCUT2D eigenvalue weighted by atomic mass is 32.1. The van der Waals surface area contributed by atoms with E-state index in [0.717, 1.165) is 48.1 Å². The van der Waals surface area contributed by atoms with Crippen LogP contribution in [0.2, 0.25) is 0 Å². The molecule has 2 aromatic heterocycles. The number of nitriles is 1. The number of aryl methyl sites for hydroxylation is 1. The van der Waals surface area contributed by atoms with E-state index in [1.165, 1.54) is 23.7 Å². The molecule has 4 rings (SSSR count). The van der Waals surface area contributed by atoms with Gasteiger partial charge in [0.15, 0.2) is 12.4 Å². The molecule has 0 fully saturated rings. The van der Waals surface area contributed by atoms with Gasteiger partial charge in [-0.05, 0) is 48.9 Å². The molecule has 0 saturated heterocycles. The second kappa shape index (κ2) is 11.5. The Hall–Kier alpha value is -3.90. The summed E-state index contributed by atoms with van der Waals surface area (Å²) >= 11 is 1.42. The number of rotatable bonds is 8. The molecule has 3 aromatic rings. The van der Waals surface area contributed by atoms with Crippen LogP contribution in [0.25, 0.3) is 0 Å². The third-order valence-electron chi connectivity index (χ3n) is 5.75. The maximum Gasteiger partial charge on any atom is 0.329 e. The Morgan fingerprint density at radius 1 is 1.09 bits per heavy atom. The van der Waals surface area contributed by atoms with Crippen molar-refractivity contribution in [3.05, 3.63) is 76.1 Å². The Kier molecular flexibility index (Phi) is 7.95. The van der Waals surface area contributed by atoms with Crippen molar-refractivity contribution >= 4 is 34.1 Å². The molecule has 1 atom stereocenters. The van der Waals surface area contributed by atoms with Crippen molar-refractivity contribution < 1.29 is 23.5 Å². The molecule has 2 heterocycles. The van der Waals surface area contributed by atoms with Gasteiger partial charge in [0.05, 0.1) is 11.8 Å². The van der Waals surface area contributed by atoms with E-state index in [2.05, 4.69) is 16.7 Å². The zero-order valence-electron chi connectivity index (χ0n) is 19.0. The molecule has 35 heavy (non-hydrogen) atoms. The number of furan rings is 1. The Morgan fingerprint density at radius 2 is 1.89 bits per heavy atom. The van der Waals surface area contributed by atoms with Crippen LogP contribution in [0.3, 0.4) is 0 Å². The first-order valence-electron chi connectivity index (χ1n) is 11.4. The fourth-order valence-electron chi connectivity index (χ4n) is 4.03. The predicted octanol–water partition coefficient (Wildman–Crippen LogP) is 4.00. The van der Waals surface area contributed by atoms with E-state index in [0.29, 0.717) is 10.6 Å². The van der Waals surface area contributed by atoms with Crippen LogP contribution in [0, 0.1) is 11.3 Å². The minimum absolute atomic E-state index is 0.0649. The molecule has 1 aliphatic rings. The van der Waals surface area contributed by atoms with Gasteiger partial charge in [-0.15, -0.1) is 11.3 Å². The van der Waals surface area contributed by atoms with Gasteiger partial charge in [-0.3, -0.25) is 9.59 Å². The summed E-state index contributed by atoms with van der Waals surface area (Å²) in [7, 11) is 0. The van der Waals surface area contributed by atoms with Crippen molar-refractivity contribution in [2.24, 2.45) is 0 Å². The molecule has 2 N–H and O–H groups in total. The van der Waals surface area contributed by atoms with Gasteiger partial charge < -0.3 is 19.8 Å². The lowest BCUT2D eigenvalue weighted by molar-refractivity contribution is -0.149. The Morgan fingerprint density at radius 3 is 2.63 bits per heavy atom. The van der Waals surface area contributed by atoms with Gasteiger partial charge in [-0.1, -0.05) is 36.8 Å². The number of fused-ring (bicyclic) bond motifs is 1. The van der Waals surface area contributed by atoms with Crippen LogP contribution in [0.15, 0.2) is 53.1 Å². The number of hydrogen-bond acceptors (Lipinski definition) is 7. The molecule has 2 amide bonds. The monoisotopic (exact) mass is 491 g/mol. The SMILES string of the molecule is N#Cc1c(NC(=O)COC(=O)[C@@H](Cc2ccccc2)NC(=O)c2ccco2)sc2c1CCCCC2. The summed E-state index contributed by atoms with van der Waals surface area (Å²) in [6.07, 6.45) is 6.50. The molecule has 9 heteroatoms. The molecule has 180 valence electrons. The molecule has 0 saturated carbocycles. The van der Waals surface area contributed by atoms with E-state index in [1.807, 2.05) is 30.3 Å². The first-order valence-corrected chi connectivity index (χ1v) is 12.3. The number of anilines is 1. The summed E-state index contributed by atoms with van der Waals surface area (Å²) in [5.41, 5.74) is 2.34. The normalized spacial score (nSPS) is 13.6. The topological polar surface area (TPSA) is 121 Å². The first-order chi connectivity index (χ1) is 17.0. The van der Waals surface area contributed by atoms with Crippen molar-refractivity contribution in [1.82, 2.24) is 5.32 Å². The number of esters is 1.